The summed E-state index contributed by atoms with van der Waals surface area (Å²) in [5, 5.41) is 7.37. The second-order valence-electron chi connectivity index (χ2n) is 6.09. The van der Waals surface area contributed by atoms with E-state index in [-0.39, 0.29) is 5.91 Å². The van der Waals surface area contributed by atoms with Crippen LogP contribution in [0.3, 0.4) is 0 Å². The highest BCUT2D eigenvalue weighted by Crippen LogP contribution is 2.31. The number of hydrogen-bond acceptors (Lipinski definition) is 6. The minimum absolute atomic E-state index is 0.264. The molecule has 2 aromatic heterocycles. The number of hydrogen-bond donors (Lipinski definition) is 1. The van der Waals surface area contributed by atoms with Crippen LogP contribution in [0.1, 0.15) is 35.2 Å². The Morgan fingerprint density at radius 1 is 1.46 bits per heavy atom. The predicted octanol–water partition coefficient (Wildman–Crippen LogP) is 3.67. The number of nitrogens with zero attached hydrogens (tertiary/aromatic N) is 2. The van der Waals surface area contributed by atoms with Gasteiger partial charge >= 0.3 is 0 Å². The number of ether oxygens (including phenoxy) is 1. The number of methoxy groups -OCH3 is 1. The van der Waals surface area contributed by atoms with E-state index in [4.69, 9.17) is 9.26 Å². The highest BCUT2D eigenvalue weighted by Gasteiger charge is 2.27. The lowest BCUT2D eigenvalue weighted by molar-refractivity contribution is 0.101. The van der Waals surface area contributed by atoms with Crippen LogP contribution < -0.4 is 10.1 Å². The van der Waals surface area contributed by atoms with E-state index < -0.39 is 0 Å². The lowest BCUT2D eigenvalue weighted by atomic mass is 9.88. The zero-order valence-electron chi connectivity index (χ0n) is 13.5. The lowest BCUT2D eigenvalue weighted by Crippen LogP contribution is -2.17. The van der Waals surface area contributed by atoms with Crippen LogP contribution in [0.15, 0.2) is 22.7 Å². The van der Waals surface area contributed by atoms with E-state index in [1.165, 1.54) is 11.3 Å². The summed E-state index contributed by atoms with van der Waals surface area (Å²) in [4.78, 5) is 17.0. The first-order chi connectivity index (χ1) is 11.6. The molecular weight excluding hydrogens is 326 g/mol. The molecule has 1 aliphatic carbocycles. The van der Waals surface area contributed by atoms with E-state index in [9.17, 15) is 4.79 Å². The van der Waals surface area contributed by atoms with Gasteiger partial charge in [0.2, 0.25) is 0 Å². The molecule has 1 atom stereocenters. The molecule has 0 saturated heterocycles. The van der Waals surface area contributed by atoms with Crippen molar-refractivity contribution in [3.8, 4) is 5.75 Å². The Balaban J connectivity index is 1.59. The Labute approximate surface area is 142 Å². The summed E-state index contributed by atoms with van der Waals surface area (Å²) >= 11 is 1.41. The molecule has 1 aliphatic rings. The van der Waals surface area contributed by atoms with Gasteiger partial charge in [0, 0.05) is 12.0 Å². The van der Waals surface area contributed by atoms with Crippen molar-refractivity contribution in [3.05, 3.63) is 35.2 Å². The molecule has 6 nitrogen and oxygen atoms in total. The Bertz CT molecular complexity index is 915. The first-order valence-electron chi connectivity index (χ1n) is 7.87. The molecule has 124 valence electrons. The SMILES string of the molecule is COc1ccc2nc(NC(=O)c3noc4c3CC(C)CC4)sc2c1. The maximum absolute atomic E-state index is 12.6. The molecule has 0 saturated carbocycles. The van der Waals surface area contributed by atoms with Crippen molar-refractivity contribution in [1.29, 1.82) is 0 Å². The quantitative estimate of drug-likeness (QED) is 0.785. The average Bonchev–Trinajstić information content (AvgIpc) is 3.16. The van der Waals surface area contributed by atoms with Crippen LogP contribution in [-0.4, -0.2) is 23.2 Å². The van der Waals surface area contributed by atoms with E-state index in [0.29, 0.717) is 16.7 Å². The van der Waals surface area contributed by atoms with Gasteiger partial charge in [-0.1, -0.05) is 23.4 Å². The van der Waals surface area contributed by atoms with Crippen LogP contribution in [0.4, 0.5) is 5.13 Å². The first kappa shape index (κ1) is 15.1. The molecule has 0 fully saturated rings. The molecule has 2 heterocycles. The number of nitrogens with one attached hydrogen (secondary N) is 1. The number of aromatic nitrogens is 2. The lowest BCUT2D eigenvalue weighted by Gasteiger charge is -2.16. The van der Waals surface area contributed by atoms with Crippen molar-refractivity contribution >= 4 is 32.6 Å². The number of anilines is 1. The largest absolute Gasteiger partial charge is 0.497 e. The fourth-order valence-corrected chi connectivity index (χ4v) is 3.89. The number of aryl methyl sites for hydroxylation is 1. The molecule has 3 aromatic rings. The maximum atomic E-state index is 12.6. The Hall–Kier alpha value is -2.41. The van der Waals surface area contributed by atoms with Gasteiger partial charge in [-0.25, -0.2) is 4.98 Å². The van der Waals surface area contributed by atoms with Crippen LogP contribution in [0.25, 0.3) is 10.2 Å². The van der Waals surface area contributed by atoms with Crippen LogP contribution in [-0.2, 0) is 12.8 Å². The van der Waals surface area contributed by atoms with Gasteiger partial charge in [-0.15, -0.1) is 0 Å². The van der Waals surface area contributed by atoms with Crippen molar-refractivity contribution in [2.45, 2.75) is 26.2 Å². The second-order valence-corrected chi connectivity index (χ2v) is 7.12. The van der Waals surface area contributed by atoms with Crippen LogP contribution >= 0.6 is 11.3 Å². The minimum atomic E-state index is -0.264. The van der Waals surface area contributed by atoms with Crippen molar-refractivity contribution in [3.63, 3.8) is 0 Å². The number of thiazole rings is 1. The van der Waals surface area contributed by atoms with E-state index in [0.717, 1.165) is 46.6 Å². The first-order valence-corrected chi connectivity index (χ1v) is 8.69. The van der Waals surface area contributed by atoms with Crippen molar-refractivity contribution < 1.29 is 14.1 Å². The Morgan fingerprint density at radius 2 is 2.33 bits per heavy atom. The van der Waals surface area contributed by atoms with Gasteiger partial charge in [0.05, 0.1) is 17.3 Å². The molecular formula is C17H17N3O3S. The molecule has 1 aromatic carbocycles. The van der Waals surface area contributed by atoms with Crippen molar-refractivity contribution in [2.75, 3.05) is 12.4 Å². The maximum Gasteiger partial charge on any atom is 0.279 e. The summed E-state index contributed by atoms with van der Waals surface area (Å²) in [6.07, 6.45) is 2.75. The third kappa shape index (κ3) is 2.65. The van der Waals surface area contributed by atoms with E-state index in [1.54, 1.807) is 7.11 Å². The fourth-order valence-electron chi connectivity index (χ4n) is 3.00. The zero-order valence-corrected chi connectivity index (χ0v) is 14.3. The molecule has 7 heteroatoms. The van der Waals surface area contributed by atoms with Gasteiger partial charge in [0.15, 0.2) is 10.8 Å². The number of carbonyl (C=O) groups excluding carboxylic acids is 1. The van der Waals surface area contributed by atoms with E-state index in [2.05, 4.69) is 22.4 Å². The number of benzene rings is 1. The summed E-state index contributed by atoms with van der Waals surface area (Å²) in [5.41, 5.74) is 2.15. The van der Waals surface area contributed by atoms with Crippen molar-refractivity contribution in [2.24, 2.45) is 5.92 Å². The number of rotatable bonds is 3. The average molecular weight is 343 g/mol. The molecule has 4 rings (SSSR count). The van der Waals surface area contributed by atoms with Gasteiger partial charge in [0.25, 0.3) is 5.91 Å². The van der Waals surface area contributed by atoms with Crippen LogP contribution in [0.5, 0.6) is 5.75 Å². The van der Waals surface area contributed by atoms with Gasteiger partial charge in [-0.2, -0.15) is 0 Å². The third-order valence-electron chi connectivity index (χ3n) is 4.32. The van der Waals surface area contributed by atoms with E-state index in [1.807, 2.05) is 18.2 Å². The van der Waals surface area contributed by atoms with Gasteiger partial charge < -0.3 is 9.26 Å². The molecule has 1 N–H and O–H groups in total. The molecule has 0 bridgehead atoms. The van der Waals surface area contributed by atoms with Crippen LogP contribution in [0, 0.1) is 5.92 Å². The number of amides is 1. The van der Waals surface area contributed by atoms with Gasteiger partial charge in [0.1, 0.15) is 11.5 Å². The topological polar surface area (TPSA) is 77.2 Å². The minimum Gasteiger partial charge on any atom is -0.497 e. The Kier molecular flexibility index (Phi) is 3.72. The summed E-state index contributed by atoms with van der Waals surface area (Å²) < 4.78 is 11.5. The smallest absolute Gasteiger partial charge is 0.279 e. The molecule has 1 amide bonds. The zero-order chi connectivity index (χ0) is 16.7. The summed E-state index contributed by atoms with van der Waals surface area (Å²) in [6, 6.07) is 5.63. The number of fused-ring (bicyclic) bond motifs is 2. The van der Waals surface area contributed by atoms with E-state index >= 15 is 0 Å². The monoisotopic (exact) mass is 343 g/mol. The molecule has 1 unspecified atom stereocenters. The standard InChI is InChI=1S/C17H17N3O3S/c1-9-3-6-13-11(7-9)15(20-23-13)16(21)19-17-18-12-5-4-10(22-2)8-14(12)24-17/h4-5,8-9H,3,6-7H2,1-2H3,(H,18,19,21). The van der Waals surface area contributed by atoms with Gasteiger partial charge in [-0.05, 0) is 37.0 Å². The summed E-state index contributed by atoms with van der Waals surface area (Å²) in [5.74, 6) is 1.88. The predicted molar refractivity (Wildman–Crippen MR) is 91.8 cm³/mol. The highest BCUT2D eigenvalue weighted by atomic mass is 32.1. The summed E-state index contributed by atoms with van der Waals surface area (Å²) in [7, 11) is 1.62. The Morgan fingerprint density at radius 3 is 3.17 bits per heavy atom. The van der Waals surface area contributed by atoms with Crippen LogP contribution in [0.2, 0.25) is 0 Å². The van der Waals surface area contributed by atoms with Crippen molar-refractivity contribution in [1.82, 2.24) is 10.1 Å². The number of carbonyl (C=O) groups is 1. The third-order valence-corrected chi connectivity index (χ3v) is 5.25. The summed E-state index contributed by atoms with van der Waals surface area (Å²) in [6.45, 7) is 2.18. The second kappa shape index (κ2) is 5.90. The fraction of sp³-hybridized carbons (Fsp3) is 0.353. The molecule has 0 aliphatic heterocycles. The molecule has 0 spiro atoms. The highest BCUT2D eigenvalue weighted by molar-refractivity contribution is 7.22. The normalized spacial score (nSPS) is 16.8. The van der Waals surface area contributed by atoms with Gasteiger partial charge in [-0.3, -0.25) is 10.1 Å². The molecule has 24 heavy (non-hydrogen) atoms. The molecule has 0 radical (unpaired) electrons.